The maximum atomic E-state index is 6.31. The minimum atomic E-state index is 0.0249. The topological polar surface area (TPSA) is 39.7 Å². The molecule has 1 atom stereocenters. The van der Waals surface area contributed by atoms with Crippen molar-refractivity contribution in [3.63, 3.8) is 0 Å². The van der Waals surface area contributed by atoms with Crippen LogP contribution in [0.25, 0.3) is 0 Å². The van der Waals surface area contributed by atoms with Crippen LogP contribution >= 0.6 is 11.6 Å². The van der Waals surface area contributed by atoms with Crippen molar-refractivity contribution in [1.29, 1.82) is 0 Å². The summed E-state index contributed by atoms with van der Waals surface area (Å²) >= 11 is 6.31. The molecule has 1 N–H and O–H groups in total. The third-order valence-electron chi connectivity index (χ3n) is 4.64. The fraction of sp³-hybridized carbons (Fsp3) is 0.368. The molecule has 0 amide bonds. The van der Waals surface area contributed by atoms with Crippen LogP contribution in [0.2, 0.25) is 5.02 Å². The summed E-state index contributed by atoms with van der Waals surface area (Å²) in [6.45, 7) is 4.10. The van der Waals surface area contributed by atoms with E-state index in [1.165, 1.54) is 11.1 Å². The van der Waals surface area contributed by atoms with Gasteiger partial charge in [0.25, 0.3) is 0 Å². The second-order valence-corrected chi connectivity index (χ2v) is 6.61. The Morgan fingerprint density at radius 2 is 1.83 bits per heavy atom. The molecule has 24 heavy (non-hydrogen) atoms. The van der Waals surface area contributed by atoms with Gasteiger partial charge in [-0.2, -0.15) is 0 Å². The summed E-state index contributed by atoms with van der Waals surface area (Å²) in [5, 5.41) is 4.31. The van der Waals surface area contributed by atoms with Gasteiger partial charge in [0.1, 0.15) is 19.0 Å². The number of nitrogens with one attached hydrogen (secondary N) is 1. The molecule has 0 aliphatic carbocycles. The van der Waals surface area contributed by atoms with E-state index in [0.29, 0.717) is 13.2 Å². The predicted octanol–water partition coefficient (Wildman–Crippen LogP) is 3.66. The maximum absolute atomic E-state index is 6.31. The van der Waals surface area contributed by atoms with Gasteiger partial charge in [0, 0.05) is 17.1 Å². The highest BCUT2D eigenvalue weighted by molar-refractivity contribution is 6.30. The highest BCUT2D eigenvalue weighted by Gasteiger charge is 2.28. The first kappa shape index (κ1) is 15.6. The molecule has 0 spiro atoms. The summed E-state index contributed by atoms with van der Waals surface area (Å²) in [6, 6.07) is 8.14. The number of halogens is 1. The van der Waals surface area contributed by atoms with Crippen molar-refractivity contribution in [2.24, 2.45) is 0 Å². The van der Waals surface area contributed by atoms with Crippen molar-refractivity contribution in [2.75, 3.05) is 26.9 Å². The Kier molecular flexibility index (Phi) is 4.02. The van der Waals surface area contributed by atoms with Crippen LogP contribution in [-0.2, 0) is 6.42 Å². The Labute approximate surface area is 146 Å². The van der Waals surface area contributed by atoms with Gasteiger partial charge < -0.3 is 19.5 Å². The number of aryl methyl sites for hydroxylation is 1. The van der Waals surface area contributed by atoms with Crippen LogP contribution in [0.3, 0.4) is 0 Å². The maximum Gasteiger partial charge on any atom is 0.161 e. The first-order chi connectivity index (χ1) is 11.7. The van der Waals surface area contributed by atoms with Crippen LogP contribution in [0, 0.1) is 6.92 Å². The first-order valence-corrected chi connectivity index (χ1v) is 8.55. The van der Waals surface area contributed by atoms with Gasteiger partial charge in [-0.05, 0) is 54.3 Å². The van der Waals surface area contributed by atoms with E-state index in [0.717, 1.165) is 46.4 Å². The number of ether oxygens (including phenoxy) is 3. The lowest BCUT2D eigenvalue weighted by Crippen LogP contribution is -2.31. The number of fused-ring (bicyclic) bond motifs is 2. The molecule has 0 aromatic heterocycles. The molecule has 2 aliphatic rings. The summed E-state index contributed by atoms with van der Waals surface area (Å²) in [5.74, 6) is 2.53. The van der Waals surface area contributed by atoms with Gasteiger partial charge in [-0.25, -0.2) is 0 Å². The number of benzene rings is 2. The SMILES string of the molecule is COc1c(C)cc(Cl)cc1C1NCCc2cc3c(cc21)OCCO3. The van der Waals surface area contributed by atoms with Crippen LogP contribution < -0.4 is 19.5 Å². The van der Waals surface area contributed by atoms with E-state index < -0.39 is 0 Å². The van der Waals surface area contributed by atoms with E-state index in [1.807, 2.05) is 19.1 Å². The van der Waals surface area contributed by atoms with Crippen LogP contribution in [-0.4, -0.2) is 26.9 Å². The fourth-order valence-corrected chi connectivity index (χ4v) is 3.90. The van der Waals surface area contributed by atoms with Crippen molar-refractivity contribution >= 4 is 11.6 Å². The molecule has 1 unspecified atom stereocenters. The van der Waals surface area contributed by atoms with Gasteiger partial charge in [0.05, 0.1) is 13.2 Å². The zero-order valence-electron chi connectivity index (χ0n) is 13.8. The van der Waals surface area contributed by atoms with Crippen molar-refractivity contribution in [2.45, 2.75) is 19.4 Å². The van der Waals surface area contributed by atoms with Crippen LogP contribution in [0.15, 0.2) is 24.3 Å². The summed E-state index contributed by atoms with van der Waals surface area (Å²) in [4.78, 5) is 0. The molecule has 0 bridgehead atoms. The van der Waals surface area contributed by atoms with Crippen molar-refractivity contribution in [3.05, 3.63) is 51.5 Å². The largest absolute Gasteiger partial charge is 0.496 e. The van der Waals surface area contributed by atoms with Gasteiger partial charge in [0.15, 0.2) is 11.5 Å². The minimum absolute atomic E-state index is 0.0249. The Morgan fingerprint density at radius 1 is 1.08 bits per heavy atom. The predicted molar refractivity (Wildman–Crippen MR) is 93.7 cm³/mol. The number of hydrogen-bond donors (Lipinski definition) is 1. The fourth-order valence-electron chi connectivity index (χ4n) is 3.62. The van der Waals surface area contributed by atoms with E-state index in [-0.39, 0.29) is 6.04 Å². The van der Waals surface area contributed by atoms with Gasteiger partial charge in [-0.15, -0.1) is 0 Å². The lowest BCUT2D eigenvalue weighted by atomic mass is 9.88. The molecule has 0 saturated carbocycles. The molecule has 0 radical (unpaired) electrons. The number of hydrogen-bond acceptors (Lipinski definition) is 4. The Bertz CT molecular complexity index is 791. The minimum Gasteiger partial charge on any atom is -0.496 e. The average Bonchev–Trinajstić information content (AvgIpc) is 2.59. The highest BCUT2D eigenvalue weighted by atomic mass is 35.5. The smallest absolute Gasteiger partial charge is 0.161 e. The van der Waals surface area contributed by atoms with E-state index in [1.54, 1.807) is 7.11 Å². The first-order valence-electron chi connectivity index (χ1n) is 8.17. The van der Waals surface area contributed by atoms with Crippen LogP contribution in [0.1, 0.15) is 28.3 Å². The normalized spacial score (nSPS) is 18.9. The molecule has 0 saturated heterocycles. The summed E-state index contributed by atoms with van der Waals surface area (Å²) in [6.07, 6.45) is 0.963. The van der Waals surface area contributed by atoms with E-state index in [9.17, 15) is 0 Å². The molecule has 4 nitrogen and oxygen atoms in total. The Morgan fingerprint density at radius 3 is 2.58 bits per heavy atom. The van der Waals surface area contributed by atoms with Crippen LogP contribution in [0.4, 0.5) is 0 Å². The lowest BCUT2D eigenvalue weighted by molar-refractivity contribution is 0.171. The molecule has 4 rings (SSSR count). The van der Waals surface area contributed by atoms with Crippen molar-refractivity contribution < 1.29 is 14.2 Å². The Hall–Kier alpha value is -1.91. The van der Waals surface area contributed by atoms with Gasteiger partial charge in [0.2, 0.25) is 0 Å². The summed E-state index contributed by atoms with van der Waals surface area (Å²) < 4.78 is 17.1. The third kappa shape index (κ3) is 2.60. The standard InChI is InChI=1S/C19H20ClNO3/c1-11-7-13(20)9-15(19(11)22-2)18-14-10-17-16(23-5-6-24-17)8-12(14)3-4-21-18/h7-10,18,21H,3-6H2,1-2H3. The monoisotopic (exact) mass is 345 g/mol. The molecular weight excluding hydrogens is 326 g/mol. The zero-order valence-corrected chi connectivity index (χ0v) is 14.6. The average molecular weight is 346 g/mol. The number of methoxy groups -OCH3 is 1. The molecular formula is C19H20ClNO3. The number of rotatable bonds is 2. The molecule has 2 aromatic rings. The molecule has 126 valence electrons. The summed E-state index contributed by atoms with van der Waals surface area (Å²) in [5.41, 5.74) is 4.57. The van der Waals surface area contributed by atoms with E-state index >= 15 is 0 Å². The molecule has 2 aliphatic heterocycles. The highest BCUT2D eigenvalue weighted by Crippen LogP contribution is 2.42. The molecule has 5 heteroatoms. The van der Waals surface area contributed by atoms with Crippen LogP contribution in [0.5, 0.6) is 17.2 Å². The van der Waals surface area contributed by atoms with Crippen molar-refractivity contribution in [3.8, 4) is 17.2 Å². The lowest BCUT2D eigenvalue weighted by Gasteiger charge is -2.31. The second kappa shape index (κ2) is 6.19. The molecule has 2 aromatic carbocycles. The third-order valence-corrected chi connectivity index (χ3v) is 4.86. The molecule has 2 heterocycles. The van der Waals surface area contributed by atoms with E-state index in [4.69, 9.17) is 25.8 Å². The van der Waals surface area contributed by atoms with Gasteiger partial charge in [-0.3, -0.25) is 0 Å². The van der Waals surface area contributed by atoms with Gasteiger partial charge >= 0.3 is 0 Å². The summed E-state index contributed by atoms with van der Waals surface area (Å²) in [7, 11) is 1.70. The second-order valence-electron chi connectivity index (χ2n) is 6.18. The van der Waals surface area contributed by atoms with E-state index in [2.05, 4.69) is 17.4 Å². The van der Waals surface area contributed by atoms with Crippen molar-refractivity contribution in [1.82, 2.24) is 5.32 Å². The Balaban J connectivity index is 1.85. The van der Waals surface area contributed by atoms with Gasteiger partial charge in [-0.1, -0.05) is 11.6 Å². The zero-order chi connectivity index (χ0) is 16.7. The quantitative estimate of drug-likeness (QED) is 0.901. The molecule has 0 fully saturated rings.